The third-order valence-electron chi connectivity index (χ3n) is 5.25. The first kappa shape index (κ1) is 16.3. The van der Waals surface area contributed by atoms with Crippen molar-refractivity contribution in [1.82, 2.24) is 0 Å². The quantitative estimate of drug-likeness (QED) is 0.458. The molecule has 1 aliphatic rings. The number of rotatable bonds is 6. The fraction of sp³-hybridized carbons (Fsp3) is 0.667. The van der Waals surface area contributed by atoms with Crippen molar-refractivity contribution in [2.75, 3.05) is 5.33 Å². The summed E-state index contributed by atoms with van der Waals surface area (Å²) in [5.41, 5.74) is 1.56. The molecule has 1 aromatic carbocycles. The molecule has 20 heavy (non-hydrogen) atoms. The molecule has 0 spiro atoms. The Hall–Kier alpha value is -0.0831. The predicted octanol–water partition coefficient (Wildman–Crippen LogP) is 5.65. The fourth-order valence-electron chi connectivity index (χ4n) is 4.19. The molecule has 0 unspecified atom stereocenters. The van der Waals surface area contributed by atoms with Crippen LogP contribution in [0.2, 0.25) is 18.1 Å². The van der Waals surface area contributed by atoms with Crippen LogP contribution >= 0.6 is 15.9 Å². The van der Waals surface area contributed by atoms with Crippen LogP contribution in [-0.4, -0.2) is 13.4 Å². The minimum absolute atomic E-state index is 1.01. The lowest BCUT2D eigenvalue weighted by Crippen LogP contribution is -2.51. The number of halogens is 1. The smallest absolute Gasteiger partial charge is 0.0870 e. The van der Waals surface area contributed by atoms with Gasteiger partial charge in [0, 0.05) is 5.33 Å². The van der Waals surface area contributed by atoms with Crippen LogP contribution in [0.25, 0.3) is 0 Å². The Bertz CT molecular complexity index is 408. The summed E-state index contributed by atoms with van der Waals surface area (Å²) in [6.45, 7) is 4.71. The SMILES string of the molecule is CCC[Si@]1(c2ccccc2C)CC[C@@H](CCCBr)CC1. The highest BCUT2D eigenvalue weighted by Crippen LogP contribution is 2.38. The van der Waals surface area contributed by atoms with E-state index < -0.39 is 8.07 Å². The highest BCUT2D eigenvalue weighted by Gasteiger charge is 2.38. The first-order valence-electron chi connectivity index (χ1n) is 8.34. The molecule has 112 valence electrons. The van der Waals surface area contributed by atoms with Crippen LogP contribution in [0.4, 0.5) is 0 Å². The van der Waals surface area contributed by atoms with E-state index in [1.54, 1.807) is 22.8 Å². The van der Waals surface area contributed by atoms with Gasteiger partial charge in [0.1, 0.15) is 0 Å². The number of hydrogen-bond donors (Lipinski definition) is 0. The van der Waals surface area contributed by atoms with E-state index in [2.05, 4.69) is 54.0 Å². The van der Waals surface area contributed by atoms with Crippen LogP contribution in [-0.2, 0) is 0 Å². The lowest BCUT2D eigenvalue weighted by molar-refractivity contribution is 0.431. The van der Waals surface area contributed by atoms with Crippen molar-refractivity contribution in [3.63, 3.8) is 0 Å². The Morgan fingerprint density at radius 3 is 2.50 bits per heavy atom. The van der Waals surface area contributed by atoms with Gasteiger partial charge in [-0.1, -0.05) is 95.3 Å². The first-order valence-corrected chi connectivity index (χ1v) is 12.1. The van der Waals surface area contributed by atoms with Gasteiger partial charge in [-0.15, -0.1) is 0 Å². The van der Waals surface area contributed by atoms with E-state index in [4.69, 9.17) is 0 Å². The summed E-state index contributed by atoms with van der Waals surface area (Å²) in [5, 5.41) is 2.96. The van der Waals surface area contributed by atoms with Crippen molar-refractivity contribution >= 4 is 29.2 Å². The van der Waals surface area contributed by atoms with Gasteiger partial charge in [0.25, 0.3) is 0 Å². The molecule has 0 N–H and O–H groups in total. The molecule has 0 bridgehead atoms. The monoisotopic (exact) mass is 352 g/mol. The van der Waals surface area contributed by atoms with Gasteiger partial charge in [-0.2, -0.15) is 0 Å². The number of hydrogen-bond acceptors (Lipinski definition) is 0. The Morgan fingerprint density at radius 2 is 1.90 bits per heavy atom. The van der Waals surface area contributed by atoms with Crippen molar-refractivity contribution in [2.24, 2.45) is 5.92 Å². The Kier molecular flexibility index (Phi) is 6.35. The van der Waals surface area contributed by atoms with Gasteiger partial charge >= 0.3 is 0 Å². The minimum atomic E-state index is -1.20. The second-order valence-electron chi connectivity index (χ2n) is 6.62. The van der Waals surface area contributed by atoms with Crippen molar-refractivity contribution in [2.45, 2.75) is 64.1 Å². The Balaban J connectivity index is 2.11. The molecule has 1 heterocycles. The van der Waals surface area contributed by atoms with Gasteiger partial charge in [0.2, 0.25) is 0 Å². The van der Waals surface area contributed by atoms with Gasteiger partial charge in [-0.25, -0.2) is 0 Å². The molecule has 1 fully saturated rings. The highest BCUT2D eigenvalue weighted by molar-refractivity contribution is 9.09. The van der Waals surface area contributed by atoms with Gasteiger partial charge < -0.3 is 0 Å². The molecule has 0 saturated carbocycles. The average molecular weight is 353 g/mol. The zero-order chi connectivity index (χ0) is 14.4. The largest absolute Gasteiger partial charge is 0.0928 e. The summed E-state index contributed by atoms with van der Waals surface area (Å²) < 4.78 is 0. The summed E-state index contributed by atoms with van der Waals surface area (Å²) >= 11 is 3.58. The summed E-state index contributed by atoms with van der Waals surface area (Å²) in [6.07, 6.45) is 7.15. The topological polar surface area (TPSA) is 0 Å². The van der Waals surface area contributed by atoms with Crippen molar-refractivity contribution in [1.29, 1.82) is 0 Å². The normalized spacial score (nSPS) is 26.6. The van der Waals surface area contributed by atoms with Crippen LogP contribution < -0.4 is 5.19 Å². The van der Waals surface area contributed by atoms with E-state index in [1.165, 1.54) is 43.5 Å². The second-order valence-corrected chi connectivity index (χ2v) is 12.0. The number of alkyl halides is 1. The van der Waals surface area contributed by atoms with Gasteiger partial charge in [0.05, 0.1) is 8.07 Å². The van der Waals surface area contributed by atoms with E-state index in [-0.39, 0.29) is 0 Å². The number of aryl methyl sites for hydroxylation is 1. The zero-order valence-electron chi connectivity index (χ0n) is 13.1. The molecule has 1 aliphatic heterocycles. The van der Waals surface area contributed by atoms with Gasteiger partial charge in [0.15, 0.2) is 0 Å². The van der Waals surface area contributed by atoms with E-state index >= 15 is 0 Å². The summed E-state index contributed by atoms with van der Waals surface area (Å²) in [7, 11) is -1.20. The predicted molar refractivity (Wildman–Crippen MR) is 97.0 cm³/mol. The number of benzene rings is 1. The fourth-order valence-corrected chi connectivity index (χ4v) is 10.3. The Labute approximate surface area is 134 Å². The van der Waals surface area contributed by atoms with Gasteiger partial charge in [-0.05, 0) is 25.7 Å². The van der Waals surface area contributed by atoms with Crippen LogP contribution in [0.15, 0.2) is 24.3 Å². The molecule has 0 amide bonds. The van der Waals surface area contributed by atoms with E-state index in [1.807, 2.05) is 0 Å². The molecule has 2 rings (SSSR count). The van der Waals surface area contributed by atoms with Crippen LogP contribution in [0.3, 0.4) is 0 Å². The Morgan fingerprint density at radius 1 is 1.20 bits per heavy atom. The molecule has 0 aliphatic carbocycles. The first-order chi connectivity index (χ1) is 9.72. The van der Waals surface area contributed by atoms with Crippen LogP contribution in [0.1, 0.15) is 44.6 Å². The molecule has 0 radical (unpaired) electrons. The molecule has 1 saturated heterocycles. The molecule has 0 nitrogen and oxygen atoms in total. The van der Waals surface area contributed by atoms with Crippen molar-refractivity contribution < 1.29 is 0 Å². The molecule has 0 atom stereocenters. The van der Waals surface area contributed by atoms with E-state index in [9.17, 15) is 0 Å². The van der Waals surface area contributed by atoms with Crippen LogP contribution in [0, 0.1) is 12.8 Å². The zero-order valence-corrected chi connectivity index (χ0v) is 15.7. The van der Waals surface area contributed by atoms with E-state index in [0.29, 0.717) is 0 Å². The third kappa shape index (κ3) is 3.76. The third-order valence-corrected chi connectivity index (χ3v) is 11.5. The van der Waals surface area contributed by atoms with Gasteiger partial charge in [-0.3, -0.25) is 0 Å². The van der Waals surface area contributed by atoms with Crippen molar-refractivity contribution in [3.8, 4) is 0 Å². The molecule has 1 aromatic rings. The summed E-state index contributed by atoms with van der Waals surface area (Å²) in [4.78, 5) is 0. The molecule has 2 heteroatoms. The lowest BCUT2D eigenvalue weighted by Gasteiger charge is -2.40. The second kappa shape index (κ2) is 7.79. The maximum absolute atomic E-state index is 3.58. The maximum atomic E-state index is 3.58. The summed E-state index contributed by atoms with van der Waals surface area (Å²) in [6, 6.07) is 13.8. The van der Waals surface area contributed by atoms with E-state index in [0.717, 1.165) is 5.92 Å². The summed E-state index contributed by atoms with van der Waals surface area (Å²) in [5.74, 6) is 1.01. The average Bonchev–Trinajstić information content (AvgIpc) is 2.47. The maximum Gasteiger partial charge on any atom is 0.0870 e. The molecular formula is C18H29BrSi. The molecule has 0 aromatic heterocycles. The van der Waals surface area contributed by atoms with Crippen molar-refractivity contribution in [3.05, 3.63) is 29.8 Å². The lowest BCUT2D eigenvalue weighted by atomic mass is 9.97. The minimum Gasteiger partial charge on any atom is -0.0928 e. The molecular weight excluding hydrogens is 324 g/mol. The standard InChI is InChI=1S/C18H29BrSi/c1-3-13-20(18-9-5-4-7-16(18)2)14-10-17(11-15-20)8-6-12-19/h4-5,7,9,17H,3,6,8,10-15H2,1-2H3/t17-,20+. The van der Waals surface area contributed by atoms with Crippen LogP contribution in [0.5, 0.6) is 0 Å². The highest BCUT2D eigenvalue weighted by atomic mass is 79.9.